The molecule has 0 radical (unpaired) electrons. The molecule has 13 heterocycles. The molecule has 6 saturated heterocycles. The largest absolute Gasteiger partial charge is 0.462 e. The Morgan fingerprint density at radius 2 is 1.11 bits per heavy atom. The average Bonchev–Trinajstić information content (AvgIpc) is 1.40. The van der Waals surface area contributed by atoms with Crippen LogP contribution in [0.5, 0.6) is 18.0 Å². The first kappa shape index (κ1) is 95.0. The lowest BCUT2D eigenvalue weighted by Gasteiger charge is -2.43. The molecular formula is C97H122ClFN22O7S2. The van der Waals surface area contributed by atoms with Gasteiger partial charge in [0.2, 0.25) is 30.8 Å². The first-order chi connectivity index (χ1) is 61.9. The minimum atomic E-state index is -1.10. The first-order valence-corrected chi connectivity index (χ1v) is 45.4. The molecule has 0 saturated carbocycles. The number of fused-ring (bicyclic) bond motifs is 6. The lowest BCUT2D eigenvalue weighted by Crippen LogP contribution is -2.56. The highest BCUT2D eigenvalue weighted by Crippen LogP contribution is 2.42. The highest BCUT2D eigenvalue weighted by atomic mass is 35.5. The number of aromatic amines is 1. The van der Waals surface area contributed by atoms with E-state index in [-0.39, 0.29) is 81.5 Å². The number of likely N-dealkylation sites (N-methyl/N-ethyl adjacent to an activating group) is 2. The van der Waals surface area contributed by atoms with Gasteiger partial charge in [0.1, 0.15) is 61.1 Å². The maximum atomic E-state index is 14.3. The van der Waals surface area contributed by atoms with Gasteiger partial charge in [-0.25, -0.2) is 17.5 Å². The van der Waals surface area contributed by atoms with Crippen molar-refractivity contribution in [2.45, 2.75) is 135 Å². The molecule has 0 bridgehead atoms. The van der Waals surface area contributed by atoms with Gasteiger partial charge in [0.05, 0.1) is 65.7 Å². The zero-order valence-electron chi connectivity index (χ0n) is 75.9. The number of likely N-dealkylation sites (tertiary alicyclic amines) is 2. The molecule has 9 aromatic rings. The van der Waals surface area contributed by atoms with Crippen LogP contribution < -0.4 is 43.6 Å². The number of hydrogen-bond donors (Lipinski definition) is 1. The molecule has 3 amide bonds. The number of carbonyl (C=O) groups excluding carboxylic acids is 3. The molecule has 0 spiro atoms. The number of carbonyl (C=O) groups is 3. The van der Waals surface area contributed by atoms with Crippen molar-refractivity contribution in [2.24, 2.45) is 0 Å². The van der Waals surface area contributed by atoms with Crippen LogP contribution >= 0.6 is 38.6 Å². The number of piperidine rings is 1. The first-order valence-electron chi connectivity index (χ1n) is 45.0. The number of morpholine rings is 1. The number of rotatable bonds is 21. The van der Waals surface area contributed by atoms with Gasteiger partial charge >= 0.3 is 18.0 Å². The molecule has 0 unspecified atom stereocenters. The van der Waals surface area contributed by atoms with Gasteiger partial charge < -0.3 is 77.6 Å². The van der Waals surface area contributed by atoms with Crippen molar-refractivity contribution in [3.8, 4) is 18.0 Å². The Morgan fingerprint density at radius 1 is 0.585 bits per heavy atom. The molecule has 688 valence electrons. The lowest BCUT2D eigenvalue weighted by atomic mass is 9.96. The standard InChI is InChI=1S/C34H39ClFN7O2.C34H41N7O3.C29H38N8O2.2H2S/c1-4-30(44)43-18-17-42(22-25(43)21-37-3)32-26-11-14-41(29-10-6-8-24-7-5-9-27(35)31(24)29)23-28(26)38-33(39-32)45-20-19-40-15-12-34(2,36)13-16-40;1-6-31(42)41-17-16-40(19-25(41)18-35-4)32-28-14-15-39(30-13-9-11-24-10-7-8-12-27(24)30)21-29(28)36-33(37-32)43-22-26-20-38(5)34(2,3)23-44-26;1-5-26(38)35-11-13-36(14-12-35)28-22-8-10-37(27-20(3)19(2)15-24-23(27)16-30-33-24)17-25(22)31-29(32-28)39-18-21-7-6-9-34(21)4;;/h4-10,25H,1,11-23H2,2H3;6-13,25-26H,1,14-23H2,2-3,5H3;5,15-16,21H,1,6-14,17-18H2,2-4H3,(H,30,33);2*1H2/t25-;25-,26+;21-;;/m000../s1. The minimum Gasteiger partial charge on any atom is -0.462 e. The molecule has 5 aromatic carbocycles. The maximum absolute atomic E-state index is 14.3. The molecule has 1 N–H and O–H groups in total. The number of nitrogens with one attached hydrogen (secondary N) is 1. The number of hydrogen-bond acceptors (Lipinski definition) is 23. The van der Waals surface area contributed by atoms with Gasteiger partial charge in [-0.3, -0.25) is 29.3 Å². The molecule has 4 aromatic heterocycles. The summed E-state index contributed by atoms with van der Waals surface area (Å²) in [5, 5.41) is 13.9. The zero-order chi connectivity index (χ0) is 89.5. The predicted molar refractivity (Wildman–Crippen MR) is 521 cm³/mol. The Labute approximate surface area is 781 Å². The fraction of sp³-hybridized carbons (Fsp3) is 0.485. The van der Waals surface area contributed by atoms with E-state index in [1.165, 1.54) is 63.5 Å². The van der Waals surface area contributed by atoms with Crippen LogP contribution in [0.25, 0.3) is 42.1 Å². The van der Waals surface area contributed by atoms with Crippen LogP contribution in [-0.2, 0) is 58.0 Å². The van der Waals surface area contributed by atoms with Crippen molar-refractivity contribution in [1.29, 1.82) is 0 Å². The molecule has 9 aliphatic rings. The Hall–Kier alpha value is -11.1. The van der Waals surface area contributed by atoms with Crippen LogP contribution in [0.4, 0.5) is 38.9 Å². The van der Waals surface area contributed by atoms with Crippen molar-refractivity contribution in [1.82, 2.24) is 69.5 Å². The fourth-order valence-electron chi connectivity index (χ4n) is 19.4. The van der Waals surface area contributed by atoms with E-state index >= 15 is 0 Å². The normalized spacial score (nSPS) is 20.3. The van der Waals surface area contributed by atoms with Gasteiger partial charge in [-0.05, 0) is 165 Å². The number of piperazine rings is 3. The van der Waals surface area contributed by atoms with E-state index in [4.69, 9.17) is 73.6 Å². The van der Waals surface area contributed by atoms with Crippen LogP contribution in [0.1, 0.15) is 91.4 Å². The summed E-state index contributed by atoms with van der Waals surface area (Å²) in [6.45, 7) is 52.9. The summed E-state index contributed by atoms with van der Waals surface area (Å²) in [5.74, 6) is 2.28. The van der Waals surface area contributed by atoms with Crippen molar-refractivity contribution in [3.05, 3.63) is 202 Å². The smallest absolute Gasteiger partial charge is 0.318 e. The van der Waals surface area contributed by atoms with Gasteiger partial charge in [0.15, 0.2) is 0 Å². The molecule has 6 fully saturated rings. The summed E-state index contributed by atoms with van der Waals surface area (Å²) >= 11 is 6.70. The summed E-state index contributed by atoms with van der Waals surface area (Å²) in [6, 6.07) is 30.2. The molecule has 0 aliphatic carbocycles. The highest BCUT2D eigenvalue weighted by Gasteiger charge is 2.41. The Morgan fingerprint density at radius 3 is 1.68 bits per heavy atom. The lowest BCUT2D eigenvalue weighted by molar-refractivity contribution is -0.129. The topological polar surface area (TPSA) is 242 Å². The third-order valence-corrected chi connectivity index (χ3v) is 27.6. The number of aromatic nitrogens is 8. The quantitative estimate of drug-likeness (QED) is 0.0519. The summed E-state index contributed by atoms with van der Waals surface area (Å²) in [6.07, 6.45) is 11.6. The van der Waals surface area contributed by atoms with Gasteiger partial charge in [0.25, 0.3) is 0 Å². The molecule has 18 rings (SSSR count). The van der Waals surface area contributed by atoms with Crippen molar-refractivity contribution >= 4 is 123 Å². The van der Waals surface area contributed by atoms with Gasteiger partial charge in [-0.1, -0.05) is 92.0 Å². The predicted octanol–water partition coefficient (Wildman–Crippen LogP) is 12.0. The number of halogens is 2. The Balaban J connectivity index is 0.000000156. The monoisotopic (exact) mass is 1820 g/mol. The number of nitrogens with zero attached hydrogens (tertiary/aromatic N) is 21. The van der Waals surface area contributed by atoms with E-state index in [0.29, 0.717) is 160 Å². The summed E-state index contributed by atoms with van der Waals surface area (Å²) in [5.41, 5.74) is 12.1. The highest BCUT2D eigenvalue weighted by molar-refractivity contribution is 7.59. The number of alkyl halides is 1. The van der Waals surface area contributed by atoms with E-state index in [2.05, 4.69) is 198 Å². The molecule has 9 aliphatic heterocycles. The number of amides is 3. The van der Waals surface area contributed by atoms with Crippen molar-refractivity contribution in [3.63, 3.8) is 0 Å². The molecular weight excluding hydrogens is 1700 g/mol. The average molecular weight is 1830 g/mol. The second-order valence-electron chi connectivity index (χ2n) is 35.9. The summed E-state index contributed by atoms with van der Waals surface area (Å²) in [7, 11) is 4.27. The number of aryl methyl sites for hydroxylation is 1. The van der Waals surface area contributed by atoms with E-state index < -0.39 is 5.67 Å². The fourth-order valence-corrected chi connectivity index (χ4v) is 19.6. The van der Waals surface area contributed by atoms with Crippen LogP contribution in [0.3, 0.4) is 0 Å². The van der Waals surface area contributed by atoms with Gasteiger partial charge in [-0.15, -0.1) is 0 Å². The number of H-pyrrole nitrogens is 1. The maximum Gasteiger partial charge on any atom is 0.318 e. The van der Waals surface area contributed by atoms with E-state index in [1.54, 1.807) is 16.7 Å². The van der Waals surface area contributed by atoms with Gasteiger partial charge in [-0.2, -0.15) is 62.0 Å². The number of benzene rings is 5. The Kier molecular flexibility index (Phi) is 30.7. The molecule has 4 atom stereocenters. The van der Waals surface area contributed by atoms with E-state index in [9.17, 15) is 18.8 Å². The second kappa shape index (κ2) is 42.0. The minimum absolute atomic E-state index is 0. The Bertz CT molecular complexity index is 5690. The molecule has 130 heavy (non-hydrogen) atoms. The van der Waals surface area contributed by atoms with Gasteiger partial charge in [0, 0.05) is 167 Å². The van der Waals surface area contributed by atoms with Crippen LogP contribution in [0, 0.1) is 27.0 Å². The summed E-state index contributed by atoms with van der Waals surface area (Å²) < 4.78 is 39.2. The third-order valence-electron chi connectivity index (χ3n) is 27.2. The summed E-state index contributed by atoms with van der Waals surface area (Å²) in [4.78, 5) is 100. The second-order valence-corrected chi connectivity index (χ2v) is 36.3. The van der Waals surface area contributed by atoms with E-state index in [0.717, 1.165) is 145 Å². The SMILES string of the molecule is C=CC(=O)N1CCN(c2nc(OC[C@@H]3CCCN3C)nc3c2CCN(c2c(C)c(C)cc4[nH]ncc24)C3)CC1.S.S.[C-]#[N+]C[C@H]1CN(c2nc(OCCN3CCC(C)(F)CC3)nc3c2CCN(c2cccc4cccc(Cl)c24)C3)CCN1C(=O)C=C.[C-]#[N+]C[C@H]1CN(c2nc(OC[C@H]3CN(C)C(C)(C)CO3)nc3c2CCN(c2cccc4ccccc24)C3)CCN1C(=O)C=C. The van der Waals surface area contributed by atoms with Crippen molar-refractivity contribution < 1.29 is 37.7 Å². The van der Waals surface area contributed by atoms with E-state index in [1.807, 2.05) is 23.2 Å². The number of ether oxygens (including phenoxy) is 4. The molecule has 33 heteroatoms. The van der Waals surface area contributed by atoms with Crippen LogP contribution in [0.15, 0.2) is 129 Å². The van der Waals surface area contributed by atoms with Crippen molar-refractivity contribution in [2.75, 3.05) is 201 Å². The zero-order valence-corrected chi connectivity index (χ0v) is 78.6. The van der Waals surface area contributed by atoms with Crippen LogP contribution in [-0.4, -0.2) is 294 Å². The molecule has 29 nitrogen and oxygen atoms in total. The number of anilines is 6. The third kappa shape index (κ3) is 21.1. The van der Waals surface area contributed by atoms with Crippen LogP contribution in [0.2, 0.25) is 5.02 Å².